The summed E-state index contributed by atoms with van der Waals surface area (Å²) < 4.78 is 50.3. The molecule has 0 aromatic heterocycles. The molecule has 0 bridgehead atoms. The zero-order chi connectivity index (χ0) is 20.1. The maximum absolute atomic E-state index is 12.1. The van der Waals surface area contributed by atoms with E-state index in [-0.39, 0.29) is 17.1 Å². The summed E-state index contributed by atoms with van der Waals surface area (Å²) in [6, 6.07) is 5.39. The molecule has 8 nitrogen and oxygen atoms in total. The first-order valence-corrected chi connectivity index (χ1v) is 11.4. The van der Waals surface area contributed by atoms with Gasteiger partial charge in [0.25, 0.3) is 0 Å². The van der Waals surface area contributed by atoms with Crippen molar-refractivity contribution in [3.05, 3.63) is 24.3 Å². The molecule has 10 heteroatoms. The van der Waals surface area contributed by atoms with Crippen molar-refractivity contribution in [2.24, 2.45) is 5.92 Å². The van der Waals surface area contributed by atoms with Crippen LogP contribution < -0.4 is 9.62 Å². The molecule has 1 aromatic carbocycles. The van der Waals surface area contributed by atoms with E-state index < -0.39 is 26.0 Å². The molecule has 0 unspecified atom stereocenters. The van der Waals surface area contributed by atoms with Crippen molar-refractivity contribution in [1.82, 2.24) is 9.62 Å². The Kier molecular flexibility index (Phi) is 7.60. The number of carbonyl (C=O) groups is 1. The van der Waals surface area contributed by atoms with Gasteiger partial charge in [0, 0.05) is 20.6 Å². The minimum atomic E-state index is -3.71. The SMILES string of the molecule is CC(C)CCNC(=O)CN(c1ccc(S(=O)(=O)N(C)C)cc1)S(C)(=O)=O. The van der Waals surface area contributed by atoms with E-state index in [1.165, 1.54) is 38.4 Å². The summed E-state index contributed by atoms with van der Waals surface area (Å²) in [6.45, 7) is 4.15. The van der Waals surface area contributed by atoms with Crippen LogP contribution in [-0.2, 0) is 24.8 Å². The number of nitrogens with one attached hydrogen (secondary N) is 1. The molecule has 0 aliphatic rings. The molecule has 1 N–H and O–H groups in total. The molecule has 1 rings (SSSR count). The Morgan fingerprint density at radius 2 is 1.62 bits per heavy atom. The lowest BCUT2D eigenvalue weighted by Crippen LogP contribution is -2.40. The Bertz CT molecular complexity index is 816. The highest BCUT2D eigenvalue weighted by Gasteiger charge is 2.22. The summed E-state index contributed by atoms with van der Waals surface area (Å²) in [7, 11) is -4.50. The summed E-state index contributed by atoms with van der Waals surface area (Å²) in [5.41, 5.74) is 0.226. The van der Waals surface area contributed by atoms with Gasteiger partial charge in [-0.05, 0) is 36.6 Å². The third kappa shape index (κ3) is 6.26. The van der Waals surface area contributed by atoms with Gasteiger partial charge in [-0.25, -0.2) is 21.1 Å². The van der Waals surface area contributed by atoms with Crippen LogP contribution in [-0.4, -0.2) is 60.5 Å². The van der Waals surface area contributed by atoms with Crippen LogP contribution in [0.5, 0.6) is 0 Å². The number of anilines is 1. The van der Waals surface area contributed by atoms with E-state index >= 15 is 0 Å². The monoisotopic (exact) mass is 405 g/mol. The number of benzene rings is 1. The molecule has 0 atom stereocenters. The van der Waals surface area contributed by atoms with Crippen molar-refractivity contribution in [3.63, 3.8) is 0 Å². The minimum Gasteiger partial charge on any atom is -0.355 e. The largest absolute Gasteiger partial charge is 0.355 e. The summed E-state index contributed by atoms with van der Waals surface area (Å²) >= 11 is 0. The van der Waals surface area contributed by atoms with Gasteiger partial charge in [-0.15, -0.1) is 0 Å². The van der Waals surface area contributed by atoms with Gasteiger partial charge in [0.05, 0.1) is 16.8 Å². The van der Waals surface area contributed by atoms with Gasteiger partial charge in [0.2, 0.25) is 26.0 Å². The zero-order valence-corrected chi connectivity index (χ0v) is 17.4. The first kappa shape index (κ1) is 22.4. The number of hydrogen-bond donors (Lipinski definition) is 1. The number of rotatable bonds is 9. The van der Waals surface area contributed by atoms with Crippen LogP contribution >= 0.6 is 0 Å². The van der Waals surface area contributed by atoms with Gasteiger partial charge in [-0.2, -0.15) is 0 Å². The van der Waals surface area contributed by atoms with Crippen LogP contribution in [0.25, 0.3) is 0 Å². The summed E-state index contributed by atoms with van der Waals surface area (Å²) in [6.07, 6.45) is 1.79. The van der Waals surface area contributed by atoms with Crippen molar-refractivity contribution < 1.29 is 21.6 Å². The predicted octanol–water partition coefficient (Wildman–Crippen LogP) is 0.865. The molecule has 0 saturated carbocycles. The number of carbonyl (C=O) groups excluding carboxylic acids is 1. The fourth-order valence-corrected chi connectivity index (χ4v) is 3.84. The summed E-state index contributed by atoms with van der Waals surface area (Å²) in [4.78, 5) is 12.1. The molecule has 0 heterocycles. The third-order valence-electron chi connectivity index (χ3n) is 3.63. The molecule has 0 fully saturated rings. The smallest absolute Gasteiger partial charge is 0.242 e. The molecule has 0 radical (unpaired) electrons. The van der Waals surface area contributed by atoms with Crippen molar-refractivity contribution >= 4 is 31.6 Å². The molecular formula is C16H27N3O5S2. The Balaban J connectivity index is 3.00. The fraction of sp³-hybridized carbons (Fsp3) is 0.562. The topological polar surface area (TPSA) is 104 Å². The van der Waals surface area contributed by atoms with Crippen molar-refractivity contribution in [2.75, 3.05) is 37.7 Å². The predicted molar refractivity (Wildman–Crippen MR) is 102 cm³/mol. The van der Waals surface area contributed by atoms with E-state index in [0.29, 0.717) is 12.5 Å². The van der Waals surface area contributed by atoms with E-state index in [2.05, 4.69) is 5.32 Å². The minimum absolute atomic E-state index is 0.0427. The van der Waals surface area contributed by atoms with Crippen molar-refractivity contribution in [3.8, 4) is 0 Å². The molecule has 0 saturated heterocycles. The number of hydrogen-bond acceptors (Lipinski definition) is 5. The van der Waals surface area contributed by atoms with E-state index in [0.717, 1.165) is 21.3 Å². The lowest BCUT2D eigenvalue weighted by Gasteiger charge is -2.22. The average Bonchev–Trinajstić information content (AvgIpc) is 2.51. The standard InChI is InChI=1S/C16H27N3O5S2/c1-13(2)10-11-17-16(20)12-19(25(5,21)22)14-6-8-15(9-7-14)26(23,24)18(3)4/h6-9,13H,10-12H2,1-5H3,(H,17,20). The molecule has 1 amide bonds. The average molecular weight is 406 g/mol. The van der Waals surface area contributed by atoms with Gasteiger partial charge in [-0.3, -0.25) is 9.10 Å². The second kappa shape index (κ2) is 8.83. The molecule has 148 valence electrons. The zero-order valence-electron chi connectivity index (χ0n) is 15.8. The first-order valence-electron chi connectivity index (χ1n) is 8.12. The first-order chi connectivity index (χ1) is 11.9. The summed E-state index contributed by atoms with van der Waals surface area (Å²) in [5, 5.41) is 2.69. The molecular weight excluding hydrogens is 378 g/mol. The van der Waals surface area contributed by atoms with Gasteiger partial charge < -0.3 is 5.32 Å². The maximum atomic E-state index is 12.1. The second-order valence-corrected chi connectivity index (χ2v) is 10.6. The van der Waals surface area contributed by atoms with E-state index in [9.17, 15) is 21.6 Å². The lowest BCUT2D eigenvalue weighted by atomic mass is 10.1. The van der Waals surface area contributed by atoms with Crippen LogP contribution in [0.4, 0.5) is 5.69 Å². The Labute approximate surface area is 156 Å². The highest BCUT2D eigenvalue weighted by atomic mass is 32.2. The van der Waals surface area contributed by atoms with Gasteiger partial charge >= 0.3 is 0 Å². The van der Waals surface area contributed by atoms with Crippen LogP contribution in [0.1, 0.15) is 20.3 Å². The van der Waals surface area contributed by atoms with Crippen LogP contribution in [0.15, 0.2) is 29.2 Å². The molecule has 0 aliphatic heterocycles. The van der Waals surface area contributed by atoms with E-state index in [4.69, 9.17) is 0 Å². The Morgan fingerprint density at radius 3 is 2.04 bits per heavy atom. The highest BCUT2D eigenvalue weighted by Crippen LogP contribution is 2.21. The normalized spacial score (nSPS) is 12.4. The molecule has 1 aromatic rings. The quantitative estimate of drug-likeness (QED) is 0.656. The summed E-state index contributed by atoms with van der Waals surface area (Å²) in [5.74, 6) is 0.00793. The van der Waals surface area contributed by atoms with Crippen molar-refractivity contribution in [1.29, 1.82) is 0 Å². The van der Waals surface area contributed by atoms with Crippen LogP contribution in [0.3, 0.4) is 0 Å². The fourth-order valence-electron chi connectivity index (χ4n) is 2.08. The van der Waals surface area contributed by atoms with E-state index in [1.807, 2.05) is 13.8 Å². The number of sulfonamides is 2. The molecule has 0 aliphatic carbocycles. The van der Waals surface area contributed by atoms with Crippen LogP contribution in [0, 0.1) is 5.92 Å². The van der Waals surface area contributed by atoms with Gasteiger partial charge in [-0.1, -0.05) is 13.8 Å². The highest BCUT2D eigenvalue weighted by molar-refractivity contribution is 7.92. The lowest BCUT2D eigenvalue weighted by molar-refractivity contribution is -0.119. The molecule has 0 spiro atoms. The third-order valence-corrected chi connectivity index (χ3v) is 6.60. The Hall–Kier alpha value is -1.65. The van der Waals surface area contributed by atoms with Gasteiger partial charge in [0.1, 0.15) is 6.54 Å². The van der Waals surface area contributed by atoms with Gasteiger partial charge in [0.15, 0.2) is 0 Å². The van der Waals surface area contributed by atoms with E-state index in [1.54, 1.807) is 0 Å². The maximum Gasteiger partial charge on any atom is 0.242 e. The van der Waals surface area contributed by atoms with Crippen molar-refractivity contribution in [2.45, 2.75) is 25.2 Å². The number of amides is 1. The molecule has 26 heavy (non-hydrogen) atoms. The van der Waals surface area contributed by atoms with Crippen LogP contribution in [0.2, 0.25) is 0 Å². The number of nitrogens with zero attached hydrogens (tertiary/aromatic N) is 2. The Morgan fingerprint density at radius 1 is 1.08 bits per heavy atom. The second-order valence-electron chi connectivity index (χ2n) is 6.58.